The highest BCUT2D eigenvalue weighted by Crippen LogP contribution is 2.32. The molecule has 3 rings (SSSR count). The first kappa shape index (κ1) is 27.5. The van der Waals surface area contributed by atoms with E-state index in [1.54, 1.807) is 54.6 Å². The predicted octanol–water partition coefficient (Wildman–Crippen LogP) is 6.84. The standard InChI is InChI=1S/C29H30F3N3O2/c1-3-6-26(21-11-13-25(36)14-12-21)22-8-5-10-24(17-22)35-28(37)27(15-19(2)29(30,31)32)34-23-9-4-7-20(16-23)18-33/h4-5,7-17,26,34,36H,2-3,6,18,33H2,1H3,(H,35,37)/b27-15-. The van der Waals surface area contributed by atoms with Crippen LogP contribution < -0.4 is 16.4 Å². The third-order valence-corrected chi connectivity index (χ3v) is 5.79. The summed E-state index contributed by atoms with van der Waals surface area (Å²) < 4.78 is 39.7. The molecule has 0 aliphatic rings. The first-order chi connectivity index (χ1) is 17.6. The third-order valence-electron chi connectivity index (χ3n) is 5.79. The summed E-state index contributed by atoms with van der Waals surface area (Å²) in [6.45, 7) is 5.37. The van der Waals surface area contributed by atoms with Gasteiger partial charge in [0.25, 0.3) is 5.91 Å². The summed E-state index contributed by atoms with van der Waals surface area (Å²) in [4.78, 5) is 13.1. The van der Waals surface area contributed by atoms with Gasteiger partial charge in [-0.05, 0) is 65.6 Å². The molecule has 0 saturated heterocycles. The molecule has 194 valence electrons. The predicted molar refractivity (Wildman–Crippen MR) is 141 cm³/mol. The van der Waals surface area contributed by atoms with Gasteiger partial charge >= 0.3 is 6.18 Å². The van der Waals surface area contributed by atoms with Gasteiger partial charge in [0.1, 0.15) is 11.4 Å². The van der Waals surface area contributed by atoms with Crippen molar-refractivity contribution in [2.75, 3.05) is 10.6 Å². The summed E-state index contributed by atoms with van der Waals surface area (Å²) in [5.41, 5.74) is 7.73. The van der Waals surface area contributed by atoms with Crippen LogP contribution in [-0.2, 0) is 11.3 Å². The number of allylic oxidation sites excluding steroid dienone is 2. The molecule has 1 unspecified atom stereocenters. The van der Waals surface area contributed by atoms with E-state index >= 15 is 0 Å². The van der Waals surface area contributed by atoms with Gasteiger partial charge in [0.15, 0.2) is 0 Å². The van der Waals surface area contributed by atoms with Gasteiger partial charge in [-0.3, -0.25) is 4.79 Å². The molecule has 0 saturated carbocycles. The van der Waals surface area contributed by atoms with Crippen molar-refractivity contribution in [1.29, 1.82) is 0 Å². The van der Waals surface area contributed by atoms with E-state index in [1.165, 1.54) is 0 Å². The van der Waals surface area contributed by atoms with Crippen LogP contribution >= 0.6 is 0 Å². The number of nitrogens with two attached hydrogens (primary N) is 1. The van der Waals surface area contributed by atoms with Crippen molar-refractivity contribution in [3.05, 3.63) is 113 Å². The van der Waals surface area contributed by atoms with E-state index in [0.29, 0.717) is 17.5 Å². The Morgan fingerprint density at radius 3 is 2.27 bits per heavy atom. The zero-order valence-corrected chi connectivity index (χ0v) is 20.5. The van der Waals surface area contributed by atoms with Crippen LogP contribution in [0.4, 0.5) is 24.5 Å². The minimum atomic E-state index is -4.69. The number of hydrogen-bond donors (Lipinski definition) is 4. The lowest BCUT2D eigenvalue weighted by atomic mass is 9.87. The van der Waals surface area contributed by atoms with E-state index in [-0.39, 0.29) is 23.9 Å². The molecule has 37 heavy (non-hydrogen) atoms. The Bertz CT molecular complexity index is 1270. The monoisotopic (exact) mass is 509 g/mol. The lowest BCUT2D eigenvalue weighted by molar-refractivity contribution is -0.112. The van der Waals surface area contributed by atoms with Gasteiger partial charge < -0.3 is 21.5 Å². The van der Waals surface area contributed by atoms with Crippen molar-refractivity contribution in [1.82, 2.24) is 0 Å². The van der Waals surface area contributed by atoms with E-state index < -0.39 is 17.7 Å². The van der Waals surface area contributed by atoms with Gasteiger partial charge in [-0.15, -0.1) is 0 Å². The molecule has 0 bridgehead atoms. The van der Waals surface area contributed by atoms with E-state index in [0.717, 1.165) is 29.5 Å². The second-order valence-electron chi connectivity index (χ2n) is 8.62. The highest BCUT2D eigenvalue weighted by atomic mass is 19.4. The maximum absolute atomic E-state index is 13.2. The Morgan fingerprint density at radius 1 is 1.00 bits per heavy atom. The summed E-state index contributed by atoms with van der Waals surface area (Å²) in [5, 5.41) is 15.1. The fraction of sp³-hybridized carbons (Fsp3) is 0.207. The maximum atomic E-state index is 13.2. The highest BCUT2D eigenvalue weighted by Gasteiger charge is 2.31. The number of anilines is 2. The van der Waals surface area contributed by atoms with E-state index in [4.69, 9.17) is 5.73 Å². The fourth-order valence-electron chi connectivity index (χ4n) is 3.90. The zero-order valence-electron chi connectivity index (χ0n) is 20.5. The molecule has 3 aromatic rings. The Labute approximate surface area is 214 Å². The first-order valence-corrected chi connectivity index (χ1v) is 11.8. The summed E-state index contributed by atoms with van der Waals surface area (Å²) in [7, 11) is 0. The fourth-order valence-corrected chi connectivity index (χ4v) is 3.90. The van der Waals surface area contributed by atoms with Crippen molar-refractivity contribution >= 4 is 17.3 Å². The molecular formula is C29H30F3N3O2. The molecule has 1 amide bonds. The van der Waals surface area contributed by atoms with E-state index in [2.05, 4.69) is 24.1 Å². The van der Waals surface area contributed by atoms with Crippen molar-refractivity contribution in [2.45, 2.75) is 38.4 Å². The molecule has 0 spiro atoms. The molecule has 0 heterocycles. The average Bonchev–Trinajstić information content (AvgIpc) is 2.87. The second kappa shape index (κ2) is 12.3. The Hall–Kier alpha value is -4.04. The van der Waals surface area contributed by atoms with Crippen LogP contribution in [0, 0.1) is 0 Å². The molecular weight excluding hydrogens is 479 g/mol. The Kier molecular flexibility index (Phi) is 9.14. The molecule has 5 nitrogen and oxygen atoms in total. The van der Waals surface area contributed by atoms with E-state index in [9.17, 15) is 23.1 Å². The van der Waals surface area contributed by atoms with Crippen molar-refractivity contribution < 1.29 is 23.1 Å². The smallest absolute Gasteiger partial charge is 0.415 e. The number of alkyl halides is 3. The summed E-state index contributed by atoms with van der Waals surface area (Å²) in [6.07, 6.45) is -2.27. The van der Waals surface area contributed by atoms with Gasteiger partial charge in [-0.2, -0.15) is 13.2 Å². The number of amides is 1. The number of carbonyl (C=O) groups excluding carboxylic acids is 1. The molecule has 5 N–H and O–H groups in total. The van der Waals surface area contributed by atoms with Crippen LogP contribution in [0.1, 0.15) is 42.4 Å². The number of benzene rings is 3. The van der Waals surface area contributed by atoms with Crippen LogP contribution in [0.2, 0.25) is 0 Å². The number of carbonyl (C=O) groups is 1. The second-order valence-corrected chi connectivity index (χ2v) is 8.62. The van der Waals surface area contributed by atoms with Gasteiger partial charge in [0, 0.05) is 23.8 Å². The number of rotatable bonds is 10. The number of aromatic hydroxyl groups is 1. The minimum absolute atomic E-state index is 0.0135. The average molecular weight is 510 g/mol. The summed E-state index contributed by atoms with van der Waals surface area (Å²) in [5.74, 6) is -0.568. The molecule has 1 atom stereocenters. The van der Waals surface area contributed by atoms with Crippen molar-refractivity contribution in [3.63, 3.8) is 0 Å². The number of nitrogens with one attached hydrogen (secondary N) is 2. The number of hydrogen-bond acceptors (Lipinski definition) is 4. The van der Waals surface area contributed by atoms with Gasteiger partial charge in [0.05, 0.1) is 5.57 Å². The number of halogens is 3. The van der Waals surface area contributed by atoms with Crippen molar-refractivity contribution in [2.24, 2.45) is 5.73 Å². The maximum Gasteiger partial charge on any atom is 0.415 e. The van der Waals surface area contributed by atoms with E-state index in [1.807, 2.05) is 18.2 Å². The minimum Gasteiger partial charge on any atom is -0.508 e. The Morgan fingerprint density at radius 2 is 1.65 bits per heavy atom. The zero-order chi connectivity index (χ0) is 27.0. The van der Waals surface area contributed by atoms with Gasteiger partial charge in [-0.1, -0.05) is 56.3 Å². The lowest BCUT2D eigenvalue weighted by Gasteiger charge is -2.19. The molecule has 0 aliphatic heterocycles. The molecule has 8 heteroatoms. The molecule has 0 fully saturated rings. The molecule has 3 aromatic carbocycles. The summed E-state index contributed by atoms with van der Waals surface area (Å²) in [6, 6.07) is 20.9. The lowest BCUT2D eigenvalue weighted by Crippen LogP contribution is -2.22. The van der Waals surface area contributed by atoms with Crippen LogP contribution in [0.5, 0.6) is 5.75 Å². The molecule has 0 aromatic heterocycles. The Balaban J connectivity index is 1.90. The topological polar surface area (TPSA) is 87.4 Å². The van der Waals surface area contributed by atoms with Crippen molar-refractivity contribution in [3.8, 4) is 5.75 Å². The SMILES string of the molecule is C=C(/C=C(\Nc1cccc(CN)c1)C(=O)Nc1cccc(C(CCC)c2ccc(O)cc2)c1)C(F)(F)F. The number of phenols is 1. The van der Waals surface area contributed by atoms with Crippen LogP contribution in [0.3, 0.4) is 0 Å². The van der Waals surface area contributed by atoms with Gasteiger partial charge in [0.2, 0.25) is 0 Å². The molecule has 0 radical (unpaired) electrons. The number of phenolic OH excluding ortho intramolecular Hbond substituents is 1. The summed E-state index contributed by atoms with van der Waals surface area (Å²) >= 11 is 0. The normalized spacial score (nSPS) is 12.6. The van der Waals surface area contributed by atoms with Crippen LogP contribution in [0.15, 0.2) is 96.7 Å². The molecule has 0 aliphatic carbocycles. The first-order valence-electron chi connectivity index (χ1n) is 11.8. The largest absolute Gasteiger partial charge is 0.508 e. The quantitative estimate of drug-likeness (QED) is 0.178. The third kappa shape index (κ3) is 7.72. The van der Waals surface area contributed by atoms with Gasteiger partial charge in [-0.25, -0.2) is 0 Å². The highest BCUT2D eigenvalue weighted by molar-refractivity contribution is 6.06. The van der Waals surface area contributed by atoms with Crippen LogP contribution in [0.25, 0.3) is 0 Å². The van der Waals surface area contributed by atoms with Crippen LogP contribution in [-0.4, -0.2) is 17.2 Å².